The van der Waals surface area contributed by atoms with Crippen molar-refractivity contribution in [3.8, 4) is 17.1 Å². The summed E-state index contributed by atoms with van der Waals surface area (Å²) < 4.78 is 7.57. The Morgan fingerprint density at radius 2 is 1.68 bits per heavy atom. The van der Waals surface area contributed by atoms with Crippen LogP contribution in [0.3, 0.4) is 0 Å². The van der Waals surface area contributed by atoms with E-state index in [0.717, 1.165) is 10.1 Å². The molecule has 0 bridgehead atoms. The first kappa shape index (κ1) is 14.0. The molecule has 0 aliphatic carbocycles. The summed E-state index contributed by atoms with van der Waals surface area (Å²) in [7, 11) is 4.43. The molecule has 0 spiro atoms. The van der Waals surface area contributed by atoms with E-state index in [1.807, 2.05) is 30.3 Å². The van der Waals surface area contributed by atoms with Crippen LogP contribution in [-0.2, 0) is 14.1 Å². The number of aryl methyl sites for hydroxylation is 1. The lowest BCUT2D eigenvalue weighted by Gasteiger charge is -2.11. The van der Waals surface area contributed by atoms with Crippen LogP contribution in [0.2, 0.25) is 0 Å². The smallest absolute Gasteiger partial charge is 0.332 e. The molecule has 2 aromatic heterocycles. The lowest BCUT2D eigenvalue weighted by atomic mass is 10.1. The predicted octanol–water partition coefficient (Wildman–Crippen LogP) is 0.703. The Balaban J connectivity index is 2.46. The average molecular weight is 298 g/mol. The van der Waals surface area contributed by atoms with Gasteiger partial charge >= 0.3 is 5.69 Å². The van der Waals surface area contributed by atoms with E-state index in [4.69, 9.17) is 4.74 Å². The van der Waals surface area contributed by atoms with E-state index in [1.165, 1.54) is 18.7 Å². The Hall–Kier alpha value is -2.96. The summed E-state index contributed by atoms with van der Waals surface area (Å²) in [6, 6.07) is 9.31. The zero-order valence-corrected chi connectivity index (χ0v) is 12.4. The van der Waals surface area contributed by atoms with Crippen LogP contribution >= 0.6 is 0 Å². The van der Waals surface area contributed by atoms with E-state index in [0.29, 0.717) is 5.69 Å². The number of aromatic nitrogens is 4. The van der Waals surface area contributed by atoms with Gasteiger partial charge in [-0.25, -0.2) is 9.78 Å². The summed E-state index contributed by atoms with van der Waals surface area (Å²) in [5.41, 5.74) is 0.636. The molecule has 7 nitrogen and oxygen atoms in total. The second kappa shape index (κ2) is 5.10. The summed E-state index contributed by atoms with van der Waals surface area (Å²) in [5.74, 6) is 0.266. The van der Waals surface area contributed by atoms with Crippen molar-refractivity contribution in [3.05, 3.63) is 51.2 Å². The second-order valence-corrected chi connectivity index (χ2v) is 4.83. The maximum atomic E-state index is 12.3. The number of fused-ring (bicyclic) bond motifs is 1. The standard InChI is InChI=1S/C15H14N4O3/c1-18-12-11(14(20)19(2)15(18)21)16-10(13(17-12)22-3)9-7-5-4-6-8-9/h4-8H,1-3H3. The molecule has 3 rings (SSSR count). The molecule has 1 aromatic carbocycles. The number of methoxy groups -OCH3 is 1. The molecule has 0 atom stereocenters. The van der Waals surface area contributed by atoms with Gasteiger partial charge in [0, 0.05) is 19.7 Å². The Morgan fingerprint density at radius 1 is 1.00 bits per heavy atom. The van der Waals surface area contributed by atoms with Crippen molar-refractivity contribution >= 4 is 11.2 Å². The zero-order chi connectivity index (χ0) is 15.9. The highest BCUT2D eigenvalue weighted by Gasteiger charge is 2.17. The van der Waals surface area contributed by atoms with Gasteiger partial charge in [-0.05, 0) is 0 Å². The molecule has 2 heterocycles. The maximum Gasteiger partial charge on any atom is 0.332 e. The third-order valence-electron chi connectivity index (χ3n) is 3.48. The molecule has 7 heteroatoms. The molecule has 0 amide bonds. The molecule has 3 aromatic rings. The molecule has 112 valence electrons. The highest BCUT2D eigenvalue weighted by Crippen LogP contribution is 2.26. The van der Waals surface area contributed by atoms with Crippen LogP contribution in [0.4, 0.5) is 0 Å². The first-order valence-electron chi connectivity index (χ1n) is 6.61. The number of nitrogens with zero attached hydrogens (tertiary/aromatic N) is 4. The lowest BCUT2D eigenvalue weighted by Crippen LogP contribution is -2.37. The minimum absolute atomic E-state index is 0.129. The SMILES string of the molecule is COc1nc2c(nc1-c1ccccc1)c(=O)n(C)c(=O)n2C. The molecule has 0 aliphatic heterocycles. The highest BCUT2D eigenvalue weighted by molar-refractivity contribution is 5.76. The Labute approximate surface area is 125 Å². The van der Waals surface area contributed by atoms with E-state index in [9.17, 15) is 9.59 Å². The topological polar surface area (TPSA) is 79.0 Å². The van der Waals surface area contributed by atoms with Crippen molar-refractivity contribution in [1.82, 2.24) is 19.1 Å². The first-order valence-corrected chi connectivity index (χ1v) is 6.61. The fourth-order valence-electron chi connectivity index (χ4n) is 2.28. The van der Waals surface area contributed by atoms with E-state index in [2.05, 4.69) is 9.97 Å². The van der Waals surface area contributed by atoms with Gasteiger partial charge in [0.15, 0.2) is 11.2 Å². The first-order chi connectivity index (χ1) is 10.5. The maximum absolute atomic E-state index is 12.3. The Morgan fingerprint density at radius 3 is 2.32 bits per heavy atom. The fraction of sp³-hybridized carbons (Fsp3) is 0.200. The summed E-state index contributed by atoms with van der Waals surface area (Å²) in [5, 5.41) is 0. The molecule has 0 aliphatic rings. The van der Waals surface area contributed by atoms with Crippen molar-refractivity contribution in [2.45, 2.75) is 0 Å². The fourth-order valence-corrected chi connectivity index (χ4v) is 2.28. The molecule has 0 fully saturated rings. The summed E-state index contributed by atoms with van der Waals surface area (Å²) in [6.45, 7) is 0. The Kier molecular flexibility index (Phi) is 3.25. The van der Waals surface area contributed by atoms with Gasteiger partial charge < -0.3 is 4.74 Å². The zero-order valence-electron chi connectivity index (χ0n) is 12.4. The molecule has 0 N–H and O–H groups in total. The highest BCUT2D eigenvalue weighted by atomic mass is 16.5. The van der Waals surface area contributed by atoms with Crippen LogP contribution in [0, 0.1) is 0 Å². The van der Waals surface area contributed by atoms with Gasteiger partial charge in [-0.15, -0.1) is 0 Å². The van der Waals surface area contributed by atoms with Crippen LogP contribution in [0.25, 0.3) is 22.4 Å². The van der Waals surface area contributed by atoms with Crippen LogP contribution in [0.1, 0.15) is 0 Å². The minimum atomic E-state index is -0.481. The van der Waals surface area contributed by atoms with Crippen molar-refractivity contribution in [2.75, 3.05) is 7.11 Å². The number of hydrogen-bond acceptors (Lipinski definition) is 5. The molecular weight excluding hydrogens is 284 g/mol. The summed E-state index contributed by atoms with van der Waals surface area (Å²) in [4.78, 5) is 33.0. The summed E-state index contributed by atoms with van der Waals surface area (Å²) in [6.07, 6.45) is 0. The van der Waals surface area contributed by atoms with Crippen molar-refractivity contribution in [1.29, 1.82) is 0 Å². The largest absolute Gasteiger partial charge is 0.479 e. The van der Waals surface area contributed by atoms with Crippen LogP contribution < -0.4 is 16.0 Å². The third kappa shape index (κ3) is 1.98. The van der Waals surface area contributed by atoms with Gasteiger partial charge in [-0.1, -0.05) is 30.3 Å². The number of hydrogen-bond donors (Lipinski definition) is 0. The predicted molar refractivity (Wildman–Crippen MR) is 82.0 cm³/mol. The monoisotopic (exact) mass is 298 g/mol. The van der Waals surface area contributed by atoms with Crippen LogP contribution in [0.5, 0.6) is 5.88 Å². The number of ether oxygens (including phenoxy) is 1. The minimum Gasteiger partial charge on any atom is -0.479 e. The van der Waals surface area contributed by atoms with Crippen LogP contribution in [-0.4, -0.2) is 26.2 Å². The number of rotatable bonds is 2. The van der Waals surface area contributed by atoms with Crippen molar-refractivity contribution in [3.63, 3.8) is 0 Å². The molecule has 22 heavy (non-hydrogen) atoms. The van der Waals surface area contributed by atoms with Gasteiger partial charge in [-0.2, -0.15) is 4.98 Å². The van der Waals surface area contributed by atoms with Gasteiger partial charge in [-0.3, -0.25) is 13.9 Å². The lowest BCUT2D eigenvalue weighted by molar-refractivity contribution is 0.399. The van der Waals surface area contributed by atoms with Gasteiger partial charge in [0.2, 0.25) is 5.88 Å². The third-order valence-corrected chi connectivity index (χ3v) is 3.48. The van der Waals surface area contributed by atoms with Gasteiger partial charge in [0.25, 0.3) is 5.56 Å². The second-order valence-electron chi connectivity index (χ2n) is 4.83. The molecule has 0 saturated carbocycles. The molecule has 0 unspecified atom stereocenters. The quantitative estimate of drug-likeness (QED) is 0.696. The van der Waals surface area contributed by atoms with Gasteiger partial charge in [0.1, 0.15) is 5.69 Å². The molecule has 0 saturated heterocycles. The van der Waals surface area contributed by atoms with E-state index >= 15 is 0 Å². The molecular formula is C15H14N4O3. The van der Waals surface area contributed by atoms with E-state index in [1.54, 1.807) is 7.05 Å². The van der Waals surface area contributed by atoms with Crippen molar-refractivity contribution < 1.29 is 4.74 Å². The molecule has 0 radical (unpaired) electrons. The van der Waals surface area contributed by atoms with Crippen molar-refractivity contribution in [2.24, 2.45) is 14.1 Å². The van der Waals surface area contributed by atoms with Gasteiger partial charge in [0.05, 0.1) is 7.11 Å². The average Bonchev–Trinajstić information content (AvgIpc) is 2.57. The van der Waals surface area contributed by atoms with Crippen LogP contribution in [0.15, 0.2) is 39.9 Å². The van der Waals surface area contributed by atoms with E-state index < -0.39 is 11.2 Å². The normalized spacial score (nSPS) is 10.9. The Bertz CT molecular complexity index is 974. The van der Waals surface area contributed by atoms with E-state index in [-0.39, 0.29) is 17.0 Å². The number of benzene rings is 1. The summed E-state index contributed by atoms with van der Waals surface area (Å²) >= 11 is 0.